The molecular formula is C29H34ClFN4O6S. The third kappa shape index (κ3) is 6.63. The van der Waals surface area contributed by atoms with Gasteiger partial charge < -0.3 is 19.8 Å². The molecule has 2 unspecified atom stereocenters. The number of benzene rings is 2. The zero-order chi connectivity index (χ0) is 29.9. The fourth-order valence-corrected chi connectivity index (χ4v) is 7.71. The molecule has 1 saturated heterocycles. The second-order valence-electron chi connectivity index (χ2n) is 10.6. The molecule has 1 aliphatic carbocycles. The van der Waals surface area contributed by atoms with E-state index in [4.69, 9.17) is 16.3 Å². The van der Waals surface area contributed by atoms with Crippen molar-refractivity contribution in [2.45, 2.75) is 49.6 Å². The number of nitrogens with zero attached hydrogens (tertiary/aromatic N) is 4. The minimum Gasteiger partial charge on any atom is -0.483 e. The smallest absolute Gasteiger partial charge is 0.316 e. The second kappa shape index (κ2) is 13.1. The Bertz CT molecular complexity index is 1540. The van der Waals surface area contributed by atoms with Crippen LogP contribution in [0.15, 0.2) is 59.5 Å². The van der Waals surface area contributed by atoms with Crippen molar-refractivity contribution in [1.82, 2.24) is 14.1 Å². The van der Waals surface area contributed by atoms with Crippen molar-refractivity contribution in [3.8, 4) is 11.4 Å². The number of aromatic nitrogens is 2. The van der Waals surface area contributed by atoms with Crippen LogP contribution in [0, 0.1) is 5.82 Å². The van der Waals surface area contributed by atoms with E-state index < -0.39 is 39.4 Å². The highest BCUT2D eigenvalue weighted by atomic mass is 35.5. The summed E-state index contributed by atoms with van der Waals surface area (Å²) in [4.78, 5) is 15.6. The number of aliphatic hydroxyl groups excluding tert-OH is 2. The largest absolute Gasteiger partial charge is 0.483 e. The van der Waals surface area contributed by atoms with Crippen LogP contribution in [0.1, 0.15) is 42.9 Å². The lowest BCUT2D eigenvalue weighted by molar-refractivity contribution is 0.0868. The molecule has 0 amide bonds. The van der Waals surface area contributed by atoms with E-state index in [1.807, 2.05) is 4.90 Å². The molecule has 5 rings (SSSR count). The number of halogens is 2. The maximum Gasteiger partial charge on any atom is 0.316 e. The predicted molar refractivity (Wildman–Crippen MR) is 157 cm³/mol. The Kier molecular flexibility index (Phi) is 9.48. The monoisotopic (exact) mass is 620 g/mol. The van der Waals surface area contributed by atoms with Crippen LogP contribution in [0.4, 0.5) is 10.1 Å². The van der Waals surface area contributed by atoms with Gasteiger partial charge in [0, 0.05) is 31.2 Å². The van der Waals surface area contributed by atoms with E-state index in [0.29, 0.717) is 22.0 Å². The maximum atomic E-state index is 13.8. The zero-order valence-electron chi connectivity index (χ0n) is 23.0. The lowest BCUT2D eigenvalue weighted by Crippen LogP contribution is -2.50. The molecule has 1 aromatic heterocycles. The summed E-state index contributed by atoms with van der Waals surface area (Å²) < 4.78 is 50.0. The number of ether oxygens (including phenoxy) is 1. The summed E-state index contributed by atoms with van der Waals surface area (Å²) in [7, 11) is -4.00. The van der Waals surface area contributed by atoms with Gasteiger partial charge in [0.25, 0.3) is 0 Å². The average molecular weight is 621 g/mol. The molecule has 0 spiro atoms. The SMILES string of the molecule is O=c1c(OC2CCCC2)c(N2CCN(S(=O)(=O)C(CC(O)CO)c3ccc(F)cc3)CC2)cnn1-c1cccc(Cl)c1. The summed E-state index contributed by atoms with van der Waals surface area (Å²) in [5, 5.41) is 23.2. The topological polar surface area (TPSA) is 125 Å². The predicted octanol–water partition coefficient (Wildman–Crippen LogP) is 3.28. The Morgan fingerprint density at radius 1 is 1.07 bits per heavy atom. The van der Waals surface area contributed by atoms with Crippen LogP contribution in [0.5, 0.6) is 5.75 Å². The highest BCUT2D eigenvalue weighted by Gasteiger charge is 2.37. The summed E-state index contributed by atoms with van der Waals surface area (Å²) in [6.45, 7) is 0.145. The number of sulfonamides is 1. The Balaban J connectivity index is 1.40. The number of rotatable bonds is 10. The van der Waals surface area contributed by atoms with Crippen molar-refractivity contribution in [2.75, 3.05) is 37.7 Å². The van der Waals surface area contributed by atoms with Crippen molar-refractivity contribution in [2.24, 2.45) is 0 Å². The number of hydrogen-bond acceptors (Lipinski definition) is 8. The van der Waals surface area contributed by atoms with Crippen LogP contribution in [0.25, 0.3) is 5.69 Å². The number of anilines is 1. The van der Waals surface area contributed by atoms with Gasteiger partial charge in [-0.3, -0.25) is 4.79 Å². The third-order valence-electron chi connectivity index (χ3n) is 7.79. The minimum atomic E-state index is -4.00. The molecule has 2 N–H and O–H groups in total. The molecule has 42 heavy (non-hydrogen) atoms. The summed E-state index contributed by atoms with van der Waals surface area (Å²) in [6, 6.07) is 11.9. The normalized spacial score (nSPS) is 18.2. The van der Waals surface area contributed by atoms with E-state index >= 15 is 0 Å². The molecule has 2 heterocycles. The first-order chi connectivity index (χ1) is 20.2. The molecule has 3 aromatic rings. The minimum absolute atomic E-state index is 0.0947. The van der Waals surface area contributed by atoms with E-state index in [0.717, 1.165) is 25.7 Å². The van der Waals surface area contributed by atoms with Gasteiger partial charge in [-0.15, -0.1) is 0 Å². The molecule has 226 valence electrons. The van der Waals surface area contributed by atoms with Crippen LogP contribution < -0.4 is 15.2 Å². The van der Waals surface area contributed by atoms with E-state index in [2.05, 4.69) is 5.10 Å². The van der Waals surface area contributed by atoms with E-state index in [-0.39, 0.29) is 44.5 Å². The summed E-state index contributed by atoms with van der Waals surface area (Å²) in [6.07, 6.45) is 3.69. The van der Waals surface area contributed by atoms with Crippen LogP contribution in [-0.4, -0.2) is 77.7 Å². The van der Waals surface area contributed by atoms with Crippen LogP contribution in [0.3, 0.4) is 0 Å². The standard InChI is InChI=1S/C29H34ClFN4O6S/c30-21-4-3-5-23(16-21)35-29(38)28(41-25-6-1-2-7-25)26(18-32-35)33-12-14-34(15-13-33)42(39,40)27(17-24(37)19-36)20-8-10-22(31)11-9-20/h3-5,8-11,16,18,24-25,27,36-37H,1-2,6-7,12-15,17,19H2. The quantitative estimate of drug-likeness (QED) is 0.354. The zero-order valence-corrected chi connectivity index (χ0v) is 24.6. The highest BCUT2D eigenvalue weighted by Crippen LogP contribution is 2.34. The van der Waals surface area contributed by atoms with Crippen molar-refractivity contribution < 1.29 is 27.8 Å². The van der Waals surface area contributed by atoms with Gasteiger partial charge in [0.2, 0.25) is 15.8 Å². The summed E-state index contributed by atoms with van der Waals surface area (Å²) >= 11 is 6.15. The van der Waals surface area contributed by atoms with Gasteiger partial charge in [-0.25, -0.2) is 12.8 Å². The molecule has 0 radical (unpaired) electrons. The Morgan fingerprint density at radius 3 is 2.40 bits per heavy atom. The third-order valence-corrected chi connectivity index (χ3v) is 10.3. The molecule has 2 atom stereocenters. The fraction of sp³-hybridized carbons (Fsp3) is 0.448. The molecule has 2 aromatic carbocycles. The second-order valence-corrected chi connectivity index (χ2v) is 13.2. The van der Waals surface area contributed by atoms with Gasteiger partial charge >= 0.3 is 5.56 Å². The van der Waals surface area contributed by atoms with Crippen LogP contribution in [0.2, 0.25) is 5.02 Å². The number of piperazine rings is 1. The first-order valence-corrected chi connectivity index (χ1v) is 15.9. The van der Waals surface area contributed by atoms with Crippen molar-refractivity contribution in [1.29, 1.82) is 0 Å². The molecule has 0 bridgehead atoms. The van der Waals surface area contributed by atoms with Crippen molar-refractivity contribution in [3.63, 3.8) is 0 Å². The van der Waals surface area contributed by atoms with Crippen molar-refractivity contribution >= 4 is 27.3 Å². The van der Waals surface area contributed by atoms with E-state index in [9.17, 15) is 27.8 Å². The molecule has 2 fully saturated rings. The lowest BCUT2D eigenvalue weighted by Gasteiger charge is -2.37. The van der Waals surface area contributed by atoms with Crippen molar-refractivity contribution in [3.05, 3.63) is 81.5 Å². The van der Waals surface area contributed by atoms with Gasteiger partial charge in [0.15, 0.2) is 0 Å². The van der Waals surface area contributed by atoms with Gasteiger partial charge in [-0.1, -0.05) is 29.8 Å². The molecule has 1 saturated carbocycles. The van der Waals surface area contributed by atoms with E-state index in [1.54, 1.807) is 30.5 Å². The van der Waals surface area contributed by atoms with Crippen LogP contribution >= 0.6 is 11.6 Å². The first kappa shape index (κ1) is 30.4. The number of hydrogen-bond donors (Lipinski definition) is 2. The lowest BCUT2D eigenvalue weighted by atomic mass is 10.1. The highest BCUT2D eigenvalue weighted by molar-refractivity contribution is 7.89. The van der Waals surface area contributed by atoms with Gasteiger partial charge in [-0.2, -0.15) is 14.1 Å². The molecule has 2 aliphatic rings. The van der Waals surface area contributed by atoms with Crippen LogP contribution in [-0.2, 0) is 10.0 Å². The van der Waals surface area contributed by atoms with Gasteiger partial charge in [0.1, 0.15) is 16.8 Å². The van der Waals surface area contributed by atoms with Gasteiger partial charge in [-0.05, 0) is 68.0 Å². The Morgan fingerprint density at radius 2 is 1.76 bits per heavy atom. The molecule has 10 nitrogen and oxygen atoms in total. The van der Waals surface area contributed by atoms with E-state index in [1.165, 1.54) is 33.3 Å². The summed E-state index contributed by atoms with van der Waals surface area (Å²) in [5.74, 6) is -0.337. The maximum absolute atomic E-state index is 13.8. The Labute approximate surface area is 249 Å². The Hall–Kier alpha value is -3.03. The molecule has 1 aliphatic heterocycles. The number of aliphatic hydroxyl groups is 2. The molecule has 13 heteroatoms. The molecular weight excluding hydrogens is 587 g/mol. The average Bonchev–Trinajstić information content (AvgIpc) is 3.50. The summed E-state index contributed by atoms with van der Waals surface area (Å²) in [5.41, 5.74) is 0.898. The van der Waals surface area contributed by atoms with Gasteiger partial charge in [0.05, 0.1) is 30.7 Å². The fourth-order valence-electron chi connectivity index (χ4n) is 5.52. The first-order valence-electron chi connectivity index (χ1n) is 14.0.